The number of hydrogen-bond donors (Lipinski definition) is 0. The van der Waals surface area contributed by atoms with Gasteiger partial charge in [0.1, 0.15) is 0 Å². The van der Waals surface area contributed by atoms with E-state index in [1.54, 1.807) is 0 Å². The van der Waals surface area contributed by atoms with Gasteiger partial charge in [0, 0.05) is 0 Å². The maximum atomic E-state index is 14.1. The van der Waals surface area contributed by atoms with Gasteiger partial charge in [0.25, 0.3) is 0 Å². The molecule has 0 atom stereocenters. The van der Waals surface area contributed by atoms with Crippen molar-refractivity contribution in [1.29, 1.82) is 0 Å². The fraction of sp³-hybridized carbons (Fsp3) is 0.692. The lowest BCUT2D eigenvalue weighted by atomic mass is 9.68. The first-order chi connectivity index (χ1) is 15.3. The van der Waals surface area contributed by atoms with Crippen LogP contribution in [0.1, 0.15) is 95.5 Å². The van der Waals surface area contributed by atoms with Crippen molar-refractivity contribution >= 4 is 0 Å². The summed E-state index contributed by atoms with van der Waals surface area (Å²) in [6.45, 7) is 2.16. The summed E-state index contributed by atoms with van der Waals surface area (Å²) in [6.07, 6.45) is 13.1. The van der Waals surface area contributed by atoms with Gasteiger partial charge in [-0.25, -0.2) is 8.78 Å². The highest BCUT2D eigenvalue weighted by Gasteiger charge is 2.35. The average Bonchev–Trinajstić information content (AvgIpc) is 2.76. The summed E-state index contributed by atoms with van der Waals surface area (Å²) in [5, 5.41) is 0. The van der Waals surface area contributed by atoms with E-state index < -0.39 is 23.7 Å². The van der Waals surface area contributed by atoms with Gasteiger partial charge < -0.3 is 4.74 Å². The number of alkyl halides is 3. The summed E-state index contributed by atoms with van der Waals surface area (Å²) in [7, 11) is 0. The lowest BCUT2D eigenvalue weighted by molar-refractivity contribution is -0.276. The molecule has 0 aliphatic heterocycles. The summed E-state index contributed by atoms with van der Waals surface area (Å²) in [5.74, 6) is -1.71. The van der Waals surface area contributed by atoms with Crippen LogP contribution in [0.4, 0.5) is 22.0 Å². The van der Waals surface area contributed by atoms with Gasteiger partial charge in [-0.05, 0) is 99.2 Å². The van der Waals surface area contributed by atoms with Crippen LogP contribution >= 0.6 is 0 Å². The van der Waals surface area contributed by atoms with E-state index in [-0.39, 0.29) is 5.92 Å². The molecule has 0 unspecified atom stereocenters. The van der Waals surface area contributed by atoms with E-state index in [9.17, 15) is 22.0 Å². The Morgan fingerprint density at radius 1 is 0.875 bits per heavy atom. The van der Waals surface area contributed by atoms with Crippen LogP contribution in [0.5, 0.6) is 5.75 Å². The molecule has 0 saturated heterocycles. The largest absolute Gasteiger partial charge is 0.573 e. The van der Waals surface area contributed by atoms with E-state index in [0.29, 0.717) is 11.5 Å². The predicted molar refractivity (Wildman–Crippen MR) is 116 cm³/mol. The summed E-state index contributed by atoms with van der Waals surface area (Å²) >= 11 is 0. The molecule has 6 heteroatoms. The Hall–Kier alpha value is -1.59. The van der Waals surface area contributed by atoms with Crippen molar-refractivity contribution in [3.63, 3.8) is 0 Å². The van der Waals surface area contributed by atoms with E-state index >= 15 is 0 Å². The number of unbranched alkanes of at least 4 members (excludes halogenated alkanes) is 1. The maximum Gasteiger partial charge on any atom is 0.573 e. The Balaban J connectivity index is 1.45. The van der Waals surface area contributed by atoms with Crippen LogP contribution in [0, 0.1) is 29.4 Å². The second-order valence-corrected chi connectivity index (χ2v) is 9.56. The van der Waals surface area contributed by atoms with Crippen LogP contribution in [0.25, 0.3) is 0 Å². The number of ether oxygens (including phenoxy) is 1. The van der Waals surface area contributed by atoms with Gasteiger partial charge in [0.2, 0.25) is 5.75 Å². The van der Waals surface area contributed by atoms with Gasteiger partial charge in [0.15, 0.2) is 11.6 Å². The predicted octanol–water partition coefficient (Wildman–Crippen LogP) is 9.08. The van der Waals surface area contributed by atoms with Gasteiger partial charge in [-0.1, -0.05) is 38.3 Å². The first kappa shape index (κ1) is 25.0. The molecule has 2 aliphatic rings. The van der Waals surface area contributed by atoms with E-state index in [2.05, 4.69) is 23.8 Å². The zero-order valence-electron chi connectivity index (χ0n) is 18.9. The number of rotatable bonds is 8. The van der Waals surface area contributed by atoms with Crippen LogP contribution in [0.15, 0.2) is 24.3 Å². The van der Waals surface area contributed by atoms with Gasteiger partial charge in [-0.3, -0.25) is 0 Å². The fourth-order valence-corrected chi connectivity index (χ4v) is 5.71. The Bertz CT molecular complexity index is 718. The normalized spacial score (nSPS) is 27.1. The molecule has 0 aromatic heterocycles. The molecule has 2 saturated carbocycles. The Kier molecular flexibility index (Phi) is 9.01. The molecule has 0 bridgehead atoms. The van der Waals surface area contributed by atoms with E-state index in [1.807, 2.05) is 0 Å². The van der Waals surface area contributed by atoms with Crippen LogP contribution in [0.3, 0.4) is 0 Å². The lowest BCUT2D eigenvalue weighted by Gasteiger charge is -2.38. The van der Waals surface area contributed by atoms with Gasteiger partial charge >= 0.3 is 6.36 Å². The molecule has 2 aliphatic carbocycles. The molecule has 3 rings (SSSR count). The third kappa shape index (κ3) is 7.21. The first-order valence-electron chi connectivity index (χ1n) is 12.2. The van der Waals surface area contributed by atoms with Crippen molar-refractivity contribution in [3.8, 4) is 5.75 Å². The van der Waals surface area contributed by atoms with Crippen molar-refractivity contribution < 1.29 is 26.7 Å². The maximum absolute atomic E-state index is 14.1. The molecular weight excluding hydrogens is 423 g/mol. The molecule has 0 amide bonds. The van der Waals surface area contributed by atoms with Gasteiger partial charge in [-0.2, -0.15) is 0 Å². The molecule has 1 aromatic carbocycles. The molecule has 1 nitrogen and oxygen atoms in total. The minimum absolute atomic E-state index is 0.0114. The Morgan fingerprint density at radius 3 is 1.97 bits per heavy atom. The molecule has 180 valence electrons. The summed E-state index contributed by atoms with van der Waals surface area (Å²) < 4.78 is 68.7. The Labute approximate surface area is 188 Å². The van der Waals surface area contributed by atoms with Gasteiger partial charge in [-0.15, -0.1) is 13.2 Å². The van der Waals surface area contributed by atoms with Crippen LogP contribution in [-0.2, 0) is 0 Å². The van der Waals surface area contributed by atoms with Crippen molar-refractivity contribution in [3.05, 3.63) is 41.5 Å². The van der Waals surface area contributed by atoms with E-state index in [1.165, 1.54) is 44.9 Å². The van der Waals surface area contributed by atoms with Crippen molar-refractivity contribution in [1.82, 2.24) is 0 Å². The second kappa shape index (κ2) is 11.5. The molecule has 0 radical (unpaired) electrons. The molecule has 0 N–H and O–H groups in total. The summed E-state index contributed by atoms with van der Waals surface area (Å²) in [5.41, 5.74) is 0.439. The zero-order valence-corrected chi connectivity index (χ0v) is 18.9. The zero-order chi connectivity index (χ0) is 23.1. The first-order valence-corrected chi connectivity index (χ1v) is 12.2. The minimum Gasteiger partial charge on any atom is -0.399 e. The lowest BCUT2D eigenvalue weighted by Crippen LogP contribution is -2.25. The second-order valence-electron chi connectivity index (χ2n) is 9.56. The number of allylic oxidation sites excluding steroid dienone is 2. The van der Waals surface area contributed by atoms with Crippen molar-refractivity contribution in [2.45, 2.75) is 96.3 Å². The summed E-state index contributed by atoms with van der Waals surface area (Å²) in [6, 6.07) is 2.02. The third-order valence-corrected chi connectivity index (χ3v) is 7.43. The number of benzene rings is 1. The van der Waals surface area contributed by atoms with Crippen LogP contribution in [-0.4, -0.2) is 6.36 Å². The highest BCUT2D eigenvalue weighted by molar-refractivity contribution is 5.33. The van der Waals surface area contributed by atoms with Crippen LogP contribution < -0.4 is 4.74 Å². The van der Waals surface area contributed by atoms with Crippen molar-refractivity contribution in [2.24, 2.45) is 17.8 Å². The molecule has 2 fully saturated rings. The standard InChI is InChI=1S/C26H35F5O/c1-2-3-4-5-6-7-18-8-10-19(11-9-18)20-12-14-21(15-13-20)22-16-23(27)25(24(28)17-22)32-26(29,30)31/h3-4,16-21H,2,5-15H2,1H3. The highest BCUT2D eigenvalue weighted by Crippen LogP contribution is 2.45. The number of halogens is 5. The minimum atomic E-state index is -5.12. The monoisotopic (exact) mass is 458 g/mol. The Morgan fingerprint density at radius 2 is 1.44 bits per heavy atom. The molecule has 0 heterocycles. The molecule has 0 spiro atoms. The smallest absolute Gasteiger partial charge is 0.399 e. The van der Waals surface area contributed by atoms with E-state index in [4.69, 9.17) is 0 Å². The highest BCUT2D eigenvalue weighted by atomic mass is 19.4. The number of hydrogen-bond acceptors (Lipinski definition) is 1. The van der Waals surface area contributed by atoms with Crippen LogP contribution in [0.2, 0.25) is 0 Å². The SMILES string of the molecule is CCC=CCCCC1CCC(C2CCC(c3cc(F)c(OC(F)(F)F)c(F)c3)CC2)CC1. The fourth-order valence-electron chi connectivity index (χ4n) is 5.71. The van der Waals surface area contributed by atoms with Gasteiger partial charge in [0.05, 0.1) is 0 Å². The third-order valence-electron chi connectivity index (χ3n) is 7.43. The average molecular weight is 459 g/mol. The quantitative estimate of drug-likeness (QED) is 0.214. The van der Waals surface area contributed by atoms with Crippen molar-refractivity contribution in [2.75, 3.05) is 0 Å². The molecule has 32 heavy (non-hydrogen) atoms. The molecule has 1 aromatic rings. The summed E-state index contributed by atoms with van der Waals surface area (Å²) in [4.78, 5) is 0. The topological polar surface area (TPSA) is 9.23 Å². The molecular formula is C26H35F5O. The van der Waals surface area contributed by atoms with E-state index in [0.717, 1.165) is 56.1 Å².